The number of hydrogen-bond donors (Lipinski definition) is 1. The number of carboxylic acids is 1. The van der Waals surface area contributed by atoms with Crippen molar-refractivity contribution in [2.24, 2.45) is 0 Å². The fourth-order valence-electron chi connectivity index (χ4n) is 1.69. The third kappa shape index (κ3) is 3.84. The van der Waals surface area contributed by atoms with Gasteiger partial charge in [-0.3, -0.25) is 4.79 Å². The van der Waals surface area contributed by atoms with E-state index < -0.39 is 5.97 Å². The summed E-state index contributed by atoms with van der Waals surface area (Å²) in [7, 11) is 0. The van der Waals surface area contributed by atoms with E-state index in [0.717, 1.165) is 20.9 Å². The molecule has 0 aliphatic rings. The number of carbonyl (C=O) groups is 1. The minimum atomic E-state index is -0.835. The van der Waals surface area contributed by atoms with Gasteiger partial charge in [0.25, 0.3) is 0 Å². The molecule has 100 valence electrons. The van der Waals surface area contributed by atoms with E-state index in [0.29, 0.717) is 6.54 Å². The standard InChI is InChI=1S/C13H13BrN2O2S/c1-9-6-16(13(15-9)19-8-12(17)18)7-10-4-2-3-5-11(10)14/h2-6H,7-8H2,1H3,(H,17,18). The summed E-state index contributed by atoms with van der Waals surface area (Å²) in [5.74, 6) is -0.815. The molecule has 0 saturated heterocycles. The van der Waals surface area contributed by atoms with Crippen LogP contribution in [0, 0.1) is 6.92 Å². The molecule has 2 rings (SSSR count). The summed E-state index contributed by atoms with van der Waals surface area (Å²) in [5.41, 5.74) is 2.03. The van der Waals surface area contributed by atoms with E-state index in [1.807, 2.05) is 42.0 Å². The Hall–Kier alpha value is -1.27. The lowest BCUT2D eigenvalue weighted by Gasteiger charge is -2.08. The van der Waals surface area contributed by atoms with E-state index in [1.165, 1.54) is 11.8 Å². The largest absolute Gasteiger partial charge is 0.481 e. The first-order valence-corrected chi connectivity index (χ1v) is 7.46. The fraction of sp³-hybridized carbons (Fsp3) is 0.231. The maximum Gasteiger partial charge on any atom is 0.313 e. The fourth-order valence-corrected chi connectivity index (χ4v) is 2.84. The van der Waals surface area contributed by atoms with Gasteiger partial charge >= 0.3 is 5.97 Å². The molecular weight excluding hydrogens is 328 g/mol. The highest BCUT2D eigenvalue weighted by Crippen LogP contribution is 2.22. The first-order chi connectivity index (χ1) is 9.06. The Morgan fingerprint density at radius 1 is 1.47 bits per heavy atom. The predicted molar refractivity (Wildman–Crippen MR) is 78.6 cm³/mol. The lowest BCUT2D eigenvalue weighted by Crippen LogP contribution is -2.04. The lowest BCUT2D eigenvalue weighted by atomic mass is 10.2. The number of halogens is 1. The van der Waals surface area contributed by atoms with E-state index in [4.69, 9.17) is 5.11 Å². The molecule has 0 radical (unpaired) electrons. The van der Waals surface area contributed by atoms with E-state index in [9.17, 15) is 4.79 Å². The smallest absolute Gasteiger partial charge is 0.313 e. The van der Waals surface area contributed by atoms with Crippen LogP contribution in [-0.4, -0.2) is 26.4 Å². The summed E-state index contributed by atoms with van der Waals surface area (Å²) in [4.78, 5) is 15.0. The third-order valence-corrected chi connectivity index (χ3v) is 4.23. The summed E-state index contributed by atoms with van der Waals surface area (Å²) < 4.78 is 3.01. The molecule has 6 heteroatoms. The Bertz CT molecular complexity index is 598. The Morgan fingerprint density at radius 2 is 2.21 bits per heavy atom. The van der Waals surface area contributed by atoms with Crippen LogP contribution in [0.4, 0.5) is 0 Å². The molecule has 0 saturated carbocycles. The number of hydrogen-bond acceptors (Lipinski definition) is 3. The molecule has 0 spiro atoms. The van der Waals surface area contributed by atoms with Gasteiger partial charge in [-0.25, -0.2) is 4.98 Å². The maximum absolute atomic E-state index is 10.6. The third-order valence-electron chi connectivity index (χ3n) is 2.48. The first-order valence-electron chi connectivity index (χ1n) is 5.68. The molecule has 0 unspecified atom stereocenters. The van der Waals surface area contributed by atoms with Crippen molar-refractivity contribution in [3.8, 4) is 0 Å². The van der Waals surface area contributed by atoms with Gasteiger partial charge in [0.2, 0.25) is 0 Å². The molecule has 0 atom stereocenters. The second-order valence-corrected chi connectivity index (χ2v) is 5.86. The number of imidazole rings is 1. The Morgan fingerprint density at radius 3 is 2.89 bits per heavy atom. The molecule has 0 amide bonds. The Kier molecular flexibility index (Phi) is 4.66. The summed E-state index contributed by atoms with van der Waals surface area (Å²) in [6, 6.07) is 7.97. The zero-order valence-electron chi connectivity index (χ0n) is 10.3. The highest BCUT2D eigenvalue weighted by molar-refractivity contribution is 9.10. The molecular formula is C13H13BrN2O2S. The zero-order chi connectivity index (χ0) is 13.8. The first kappa shape index (κ1) is 14.1. The minimum Gasteiger partial charge on any atom is -0.481 e. The van der Waals surface area contributed by atoms with Crippen LogP contribution in [-0.2, 0) is 11.3 Å². The minimum absolute atomic E-state index is 0.0203. The summed E-state index contributed by atoms with van der Waals surface area (Å²) in [6.45, 7) is 2.57. The van der Waals surface area contributed by atoms with Crippen molar-refractivity contribution in [3.63, 3.8) is 0 Å². The van der Waals surface area contributed by atoms with Crippen LogP contribution in [0.3, 0.4) is 0 Å². The second-order valence-electron chi connectivity index (χ2n) is 4.07. The Balaban J connectivity index is 2.20. The lowest BCUT2D eigenvalue weighted by molar-refractivity contribution is -0.133. The van der Waals surface area contributed by atoms with Crippen LogP contribution >= 0.6 is 27.7 Å². The van der Waals surface area contributed by atoms with Gasteiger partial charge in [0.1, 0.15) is 0 Å². The van der Waals surface area contributed by atoms with Crippen molar-refractivity contribution in [1.29, 1.82) is 0 Å². The van der Waals surface area contributed by atoms with E-state index in [2.05, 4.69) is 20.9 Å². The molecule has 1 heterocycles. The maximum atomic E-state index is 10.6. The van der Waals surface area contributed by atoms with Crippen molar-refractivity contribution in [2.45, 2.75) is 18.6 Å². The average Bonchev–Trinajstić information content (AvgIpc) is 2.70. The zero-order valence-corrected chi connectivity index (χ0v) is 12.7. The highest BCUT2D eigenvalue weighted by atomic mass is 79.9. The van der Waals surface area contributed by atoms with Crippen molar-refractivity contribution in [3.05, 3.63) is 46.2 Å². The van der Waals surface area contributed by atoms with Crippen molar-refractivity contribution >= 4 is 33.7 Å². The molecule has 0 aliphatic carbocycles. The number of benzene rings is 1. The number of nitrogens with zero attached hydrogens (tertiary/aromatic N) is 2. The van der Waals surface area contributed by atoms with Crippen LogP contribution in [0.2, 0.25) is 0 Å². The van der Waals surface area contributed by atoms with Crippen LogP contribution in [0.1, 0.15) is 11.3 Å². The molecule has 19 heavy (non-hydrogen) atoms. The van der Waals surface area contributed by atoms with E-state index >= 15 is 0 Å². The number of rotatable bonds is 5. The van der Waals surface area contributed by atoms with E-state index in [-0.39, 0.29) is 5.75 Å². The van der Waals surface area contributed by atoms with Crippen LogP contribution in [0.5, 0.6) is 0 Å². The molecule has 2 aromatic rings. The van der Waals surface area contributed by atoms with Crippen molar-refractivity contribution < 1.29 is 9.90 Å². The van der Waals surface area contributed by atoms with Gasteiger partial charge < -0.3 is 9.67 Å². The second kappa shape index (κ2) is 6.25. The number of aromatic nitrogens is 2. The van der Waals surface area contributed by atoms with Crippen LogP contribution < -0.4 is 0 Å². The van der Waals surface area contributed by atoms with Gasteiger partial charge in [-0.2, -0.15) is 0 Å². The van der Waals surface area contributed by atoms with Crippen molar-refractivity contribution in [1.82, 2.24) is 9.55 Å². The van der Waals surface area contributed by atoms with Crippen LogP contribution in [0.15, 0.2) is 40.1 Å². The molecule has 1 aromatic carbocycles. The van der Waals surface area contributed by atoms with Gasteiger partial charge in [-0.1, -0.05) is 45.9 Å². The van der Waals surface area contributed by atoms with Gasteiger partial charge in [0.15, 0.2) is 5.16 Å². The van der Waals surface area contributed by atoms with Gasteiger partial charge in [0, 0.05) is 10.7 Å². The van der Waals surface area contributed by atoms with Crippen molar-refractivity contribution in [2.75, 3.05) is 5.75 Å². The van der Waals surface area contributed by atoms with Gasteiger partial charge in [-0.15, -0.1) is 0 Å². The normalized spacial score (nSPS) is 10.6. The summed E-state index contributed by atoms with van der Waals surface area (Å²) >= 11 is 4.75. The quantitative estimate of drug-likeness (QED) is 0.849. The number of thioether (sulfide) groups is 1. The molecule has 4 nitrogen and oxygen atoms in total. The highest BCUT2D eigenvalue weighted by Gasteiger charge is 2.10. The summed E-state index contributed by atoms with van der Waals surface area (Å²) in [6.07, 6.45) is 1.93. The number of aryl methyl sites for hydroxylation is 1. The molecule has 0 fully saturated rings. The molecule has 0 bridgehead atoms. The molecule has 1 N–H and O–H groups in total. The monoisotopic (exact) mass is 340 g/mol. The van der Waals surface area contributed by atoms with Gasteiger partial charge in [0.05, 0.1) is 18.0 Å². The number of aliphatic carboxylic acids is 1. The van der Waals surface area contributed by atoms with Crippen LogP contribution in [0.25, 0.3) is 0 Å². The molecule has 0 aliphatic heterocycles. The SMILES string of the molecule is Cc1cn(Cc2ccccc2Br)c(SCC(=O)O)n1. The average molecular weight is 341 g/mol. The summed E-state index contributed by atoms with van der Waals surface area (Å²) in [5, 5.41) is 9.47. The van der Waals surface area contributed by atoms with Gasteiger partial charge in [-0.05, 0) is 18.6 Å². The molecule has 1 aromatic heterocycles. The number of carboxylic acid groups (broad SMARTS) is 1. The Labute approximate surface area is 124 Å². The van der Waals surface area contributed by atoms with E-state index in [1.54, 1.807) is 0 Å². The topological polar surface area (TPSA) is 55.1 Å². The predicted octanol–water partition coefficient (Wildman–Crippen LogP) is 3.18.